The fourth-order valence-corrected chi connectivity index (χ4v) is 1.72. The van der Waals surface area contributed by atoms with Crippen molar-refractivity contribution in [3.63, 3.8) is 0 Å². The van der Waals surface area contributed by atoms with Gasteiger partial charge in [0.2, 0.25) is 0 Å². The molecule has 0 bridgehead atoms. The van der Waals surface area contributed by atoms with E-state index in [1.54, 1.807) is 19.1 Å². The Kier molecular flexibility index (Phi) is 4.55. The highest BCUT2D eigenvalue weighted by Gasteiger charge is 2.14. The second-order valence-electron chi connectivity index (χ2n) is 4.24. The van der Waals surface area contributed by atoms with Crippen LogP contribution in [0.25, 0.3) is 0 Å². The number of para-hydroxylation sites is 1. The van der Waals surface area contributed by atoms with Gasteiger partial charge in [-0.05, 0) is 30.7 Å². The van der Waals surface area contributed by atoms with Gasteiger partial charge in [0.05, 0.1) is 4.92 Å². The van der Waals surface area contributed by atoms with Gasteiger partial charge in [-0.15, -0.1) is 0 Å². The zero-order valence-corrected chi connectivity index (χ0v) is 11.1. The van der Waals surface area contributed by atoms with E-state index in [4.69, 9.17) is 9.47 Å². The third-order valence-corrected chi connectivity index (χ3v) is 2.66. The SMILES string of the molecule is Cc1ccc(OCCOc2ccccc2)c([N+](=O)[O-])c1. The molecule has 0 spiro atoms. The molecule has 0 amide bonds. The molecule has 0 atom stereocenters. The van der Waals surface area contributed by atoms with Gasteiger partial charge in [0, 0.05) is 6.07 Å². The van der Waals surface area contributed by atoms with Crippen molar-refractivity contribution in [1.82, 2.24) is 0 Å². The molecule has 2 aromatic rings. The molecule has 20 heavy (non-hydrogen) atoms. The predicted octanol–water partition coefficient (Wildman–Crippen LogP) is 3.36. The van der Waals surface area contributed by atoms with Crippen LogP contribution in [0.1, 0.15) is 5.56 Å². The van der Waals surface area contributed by atoms with E-state index in [0.717, 1.165) is 11.3 Å². The first-order chi connectivity index (χ1) is 9.66. The zero-order valence-electron chi connectivity index (χ0n) is 11.1. The van der Waals surface area contributed by atoms with Crippen molar-refractivity contribution in [2.24, 2.45) is 0 Å². The number of ether oxygens (including phenoxy) is 2. The van der Waals surface area contributed by atoms with Crippen LogP contribution in [0.2, 0.25) is 0 Å². The summed E-state index contributed by atoms with van der Waals surface area (Å²) in [6, 6.07) is 14.2. The molecule has 0 fully saturated rings. The maximum atomic E-state index is 10.9. The predicted molar refractivity (Wildman–Crippen MR) is 75.3 cm³/mol. The molecule has 2 aromatic carbocycles. The molecule has 0 heterocycles. The largest absolute Gasteiger partial charge is 0.490 e. The normalized spacial score (nSPS) is 10.1. The van der Waals surface area contributed by atoms with Gasteiger partial charge in [0.1, 0.15) is 19.0 Å². The van der Waals surface area contributed by atoms with E-state index in [-0.39, 0.29) is 18.0 Å². The number of rotatable bonds is 6. The van der Waals surface area contributed by atoms with Gasteiger partial charge in [-0.3, -0.25) is 10.1 Å². The summed E-state index contributed by atoms with van der Waals surface area (Å²) in [5, 5.41) is 10.9. The van der Waals surface area contributed by atoms with E-state index in [2.05, 4.69) is 0 Å². The monoisotopic (exact) mass is 273 g/mol. The van der Waals surface area contributed by atoms with Crippen molar-refractivity contribution in [2.75, 3.05) is 13.2 Å². The number of hydrogen-bond acceptors (Lipinski definition) is 4. The number of aryl methyl sites for hydroxylation is 1. The lowest BCUT2D eigenvalue weighted by atomic mass is 10.2. The third kappa shape index (κ3) is 3.71. The number of nitro groups is 1. The Morgan fingerprint density at radius 3 is 2.45 bits per heavy atom. The van der Waals surface area contributed by atoms with Crippen LogP contribution >= 0.6 is 0 Å². The molecule has 5 heteroatoms. The molecule has 104 valence electrons. The van der Waals surface area contributed by atoms with Gasteiger partial charge in [0.25, 0.3) is 0 Å². The molecule has 2 rings (SSSR count). The quantitative estimate of drug-likeness (QED) is 0.460. The second kappa shape index (κ2) is 6.56. The van der Waals surface area contributed by atoms with Gasteiger partial charge >= 0.3 is 5.69 Å². The fraction of sp³-hybridized carbons (Fsp3) is 0.200. The van der Waals surface area contributed by atoms with Crippen LogP contribution < -0.4 is 9.47 Å². The van der Waals surface area contributed by atoms with Gasteiger partial charge in [-0.1, -0.05) is 24.3 Å². The Morgan fingerprint density at radius 1 is 1.05 bits per heavy atom. The van der Waals surface area contributed by atoms with Crippen LogP contribution in [0.15, 0.2) is 48.5 Å². The highest BCUT2D eigenvalue weighted by Crippen LogP contribution is 2.27. The lowest BCUT2D eigenvalue weighted by Gasteiger charge is -2.08. The summed E-state index contributed by atoms with van der Waals surface area (Å²) >= 11 is 0. The molecule has 0 aliphatic carbocycles. The summed E-state index contributed by atoms with van der Waals surface area (Å²) < 4.78 is 10.9. The Balaban J connectivity index is 1.90. The summed E-state index contributed by atoms with van der Waals surface area (Å²) in [7, 11) is 0. The van der Waals surface area contributed by atoms with Crippen molar-refractivity contribution < 1.29 is 14.4 Å². The molecular weight excluding hydrogens is 258 g/mol. The zero-order chi connectivity index (χ0) is 14.4. The van der Waals surface area contributed by atoms with Crippen LogP contribution in [0.4, 0.5) is 5.69 Å². The molecule has 0 radical (unpaired) electrons. The smallest absolute Gasteiger partial charge is 0.311 e. The molecular formula is C15H15NO4. The van der Waals surface area contributed by atoms with Crippen LogP contribution in [0.5, 0.6) is 11.5 Å². The van der Waals surface area contributed by atoms with Crippen molar-refractivity contribution in [1.29, 1.82) is 0 Å². The summed E-state index contributed by atoms with van der Waals surface area (Å²) in [4.78, 5) is 10.5. The summed E-state index contributed by atoms with van der Waals surface area (Å²) in [5.74, 6) is 1.01. The van der Waals surface area contributed by atoms with Crippen LogP contribution in [0, 0.1) is 17.0 Å². The third-order valence-electron chi connectivity index (χ3n) is 2.66. The van der Waals surface area contributed by atoms with Crippen molar-refractivity contribution in [2.45, 2.75) is 6.92 Å². The molecule has 0 saturated carbocycles. The Hall–Kier alpha value is -2.56. The average Bonchev–Trinajstić information content (AvgIpc) is 2.45. The average molecular weight is 273 g/mol. The maximum Gasteiger partial charge on any atom is 0.311 e. The van der Waals surface area contributed by atoms with Gasteiger partial charge < -0.3 is 9.47 Å². The number of nitro benzene ring substituents is 1. The second-order valence-corrected chi connectivity index (χ2v) is 4.24. The van der Waals surface area contributed by atoms with Crippen LogP contribution in [-0.4, -0.2) is 18.1 Å². The van der Waals surface area contributed by atoms with E-state index >= 15 is 0 Å². The standard InChI is InChI=1S/C15H15NO4/c1-12-7-8-15(14(11-12)16(17)18)20-10-9-19-13-5-3-2-4-6-13/h2-8,11H,9-10H2,1H3. The first kappa shape index (κ1) is 13.9. The molecule has 5 nitrogen and oxygen atoms in total. The highest BCUT2D eigenvalue weighted by molar-refractivity contribution is 5.48. The van der Waals surface area contributed by atoms with E-state index < -0.39 is 4.92 Å². The summed E-state index contributed by atoms with van der Waals surface area (Å²) in [6.07, 6.45) is 0. The number of benzene rings is 2. The van der Waals surface area contributed by atoms with E-state index in [1.807, 2.05) is 30.3 Å². The van der Waals surface area contributed by atoms with E-state index in [1.165, 1.54) is 6.07 Å². The van der Waals surface area contributed by atoms with Crippen LogP contribution in [0.3, 0.4) is 0 Å². The molecule has 0 N–H and O–H groups in total. The molecule has 0 aromatic heterocycles. The maximum absolute atomic E-state index is 10.9. The Morgan fingerprint density at radius 2 is 1.75 bits per heavy atom. The van der Waals surface area contributed by atoms with Crippen LogP contribution in [-0.2, 0) is 0 Å². The van der Waals surface area contributed by atoms with Gasteiger partial charge in [-0.25, -0.2) is 0 Å². The topological polar surface area (TPSA) is 61.6 Å². The first-order valence-corrected chi connectivity index (χ1v) is 6.22. The molecule has 0 aliphatic rings. The Labute approximate surface area is 116 Å². The lowest BCUT2D eigenvalue weighted by Crippen LogP contribution is -2.09. The highest BCUT2D eigenvalue weighted by atomic mass is 16.6. The van der Waals surface area contributed by atoms with E-state index in [9.17, 15) is 10.1 Å². The number of nitrogens with zero attached hydrogens (tertiary/aromatic N) is 1. The molecule has 0 aliphatic heterocycles. The minimum atomic E-state index is -0.444. The minimum absolute atomic E-state index is 0.0234. The first-order valence-electron chi connectivity index (χ1n) is 6.22. The number of hydrogen-bond donors (Lipinski definition) is 0. The lowest BCUT2D eigenvalue weighted by molar-refractivity contribution is -0.385. The minimum Gasteiger partial charge on any atom is -0.490 e. The molecule has 0 saturated heterocycles. The molecule has 0 unspecified atom stereocenters. The summed E-state index contributed by atoms with van der Waals surface area (Å²) in [6.45, 7) is 2.38. The van der Waals surface area contributed by atoms with Crippen molar-refractivity contribution in [3.8, 4) is 11.5 Å². The van der Waals surface area contributed by atoms with Gasteiger partial charge in [0.15, 0.2) is 5.75 Å². The summed E-state index contributed by atoms with van der Waals surface area (Å²) in [5.41, 5.74) is 0.800. The van der Waals surface area contributed by atoms with Crippen molar-refractivity contribution in [3.05, 3.63) is 64.2 Å². The van der Waals surface area contributed by atoms with Crippen molar-refractivity contribution >= 4 is 5.69 Å². The van der Waals surface area contributed by atoms with E-state index in [0.29, 0.717) is 6.61 Å². The Bertz CT molecular complexity index is 584. The van der Waals surface area contributed by atoms with Gasteiger partial charge in [-0.2, -0.15) is 0 Å². The fourth-order valence-electron chi connectivity index (χ4n) is 1.72.